The van der Waals surface area contributed by atoms with Crippen LogP contribution in [0.15, 0.2) is 47.4 Å². The minimum Gasteiger partial charge on any atom is -0.493 e. The van der Waals surface area contributed by atoms with Crippen molar-refractivity contribution in [3.63, 3.8) is 0 Å². The van der Waals surface area contributed by atoms with Gasteiger partial charge in [0.2, 0.25) is 5.91 Å². The standard InChI is InChI=1S/C19H21NO5S/c1-4-25-19(22)14-7-5-6-8-15(14)20-18(21)12-26-13-9-10-16(23-2)17(11-13)24-3/h5-11H,4,12H2,1-3H3,(H,20,21). The predicted molar refractivity (Wildman–Crippen MR) is 101 cm³/mol. The molecule has 0 bridgehead atoms. The SMILES string of the molecule is CCOC(=O)c1ccccc1NC(=O)CSc1ccc(OC)c(OC)c1. The number of carbonyl (C=O) groups is 2. The highest BCUT2D eigenvalue weighted by atomic mass is 32.2. The Labute approximate surface area is 156 Å². The molecule has 0 saturated heterocycles. The molecule has 0 aliphatic carbocycles. The Morgan fingerprint density at radius 3 is 2.46 bits per heavy atom. The summed E-state index contributed by atoms with van der Waals surface area (Å²) in [5.74, 6) is 0.736. The summed E-state index contributed by atoms with van der Waals surface area (Å²) in [5, 5.41) is 2.75. The lowest BCUT2D eigenvalue weighted by atomic mass is 10.2. The molecular weight excluding hydrogens is 354 g/mol. The molecule has 1 N–H and O–H groups in total. The largest absolute Gasteiger partial charge is 0.493 e. The summed E-state index contributed by atoms with van der Waals surface area (Å²) in [7, 11) is 3.13. The van der Waals surface area contributed by atoms with Crippen molar-refractivity contribution in [3.8, 4) is 11.5 Å². The van der Waals surface area contributed by atoms with E-state index in [1.807, 2.05) is 12.1 Å². The summed E-state index contributed by atoms with van der Waals surface area (Å²) < 4.78 is 15.5. The number of nitrogens with one attached hydrogen (secondary N) is 1. The molecule has 0 fully saturated rings. The molecule has 7 heteroatoms. The van der Waals surface area contributed by atoms with Gasteiger partial charge in [-0.3, -0.25) is 4.79 Å². The molecule has 1 amide bonds. The van der Waals surface area contributed by atoms with Crippen LogP contribution in [-0.2, 0) is 9.53 Å². The molecule has 0 atom stereocenters. The second-order valence-corrected chi connectivity index (χ2v) is 6.17. The quantitative estimate of drug-likeness (QED) is 0.561. The third-order valence-electron chi connectivity index (χ3n) is 3.42. The van der Waals surface area contributed by atoms with Gasteiger partial charge in [0.1, 0.15) is 0 Å². The Balaban J connectivity index is 2.01. The molecule has 0 aromatic heterocycles. The molecule has 0 aliphatic rings. The Hall–Kier alpha value is -2.67. The second-order valence-electron chi connectivity index (χ2n) is 5.12. The van der Waals surface area contributed by atoms with Gasteiger partial charge in [-0.15, -0.1) is 11.8 Å². The van der Waals surface area contributed by atoms with E-state index < -0.39 is 5.97 Å². The Morgan fingerprint density at radius 2 is 1.77 bits per heavy atom. The Morgan fingerprint density at radius 1 is 1.04 bits per heavy atom. The van der Waals surface area contributed by atoms with Crippen molar-refractivity contribution in [2.75, 3.05) is 31.9 Å². The molecule has 0 saturated carbocycles. The number of hydrogen-bond acceptors (Lipinski definition) is 6. The number of rotatable bonds is 8. The third kappa shape index (κ3) is 5.16. The van der Waals surface area contributed by atoms with E-state index in [0.29, 0.717) is 22.7 Å². The zero-order valence-corrected chi connectivity index (χ0v) is 15.7. The lowest BCUT2D eigenvalue weighted by molar-refractivity contribution is -0.113. The molecule has 2 aromatic rings. The molecule has 6 nitrogen and oxygen atoms in total. The van der Waals surface area contributed by atoms with Crippen LogP contribution >= 0.6 is 11.8 Å². The van der Waals surface area contributed by atoms with Crippen molar-refractivity contribution < 1.29 is 23.8 Å². The first-order chi connectivity index (χ1) is 12.6. The summed E-state index contributed by atoms with van der Waals surface area (Å²) in [4.78, 5) is 25.1. The normalized spacial score (nSPS) is 10.1. The zero-order valence-electron chi connectivity index (χ0n) is 14.9. The highest BCUT2D eigenvalue weighted by Gasteiger charge is 2.14. The van der Waals surface area contributed by atoms with Gasteiger partial charge >= 0.3 is 5.97 Å². The van der Waals surface area contributed by atoms with Gasteiger partial charge in [-0.25, -0.2) is 4.79 Å². The number of benzene rings is 2. The molecule has 2 aromatic carbocycles. The average molecular weight is 375 g/mol. The van der Waals surface area contributed by atoms with Crippen LogP contribution in [0.1, 0.15) is 17.3 Å². The number of amides is 1. The van der Waals surface area contributed by atoms with Crippen molar-refractivity contribution in [2.24, 2.45) is 0 Å². The number of thioether (sulfide) groups is 1. The molecular formula is C19H21NO5S. The van der Waals surface area contributed by atoms with Gasteiger partial charge in [-0.2, -0.15) is 0 Å². The van der Waals surface area contributed by atoms with E-state index in [1.54, 1.807) is 51.5 Å². The van der Waals surface area contributed by atoms with Gasteiger partial charge in [0.15, 0.2) is 11.5 Å². The number of hydrogen-bond donors (Lipinski definition) is 1. The van der Waals surface area contributed by atoms with Gasteiger partial charge in [0.25, 0.3) is 0 Å². The monoisotopic (exact) mass is 375 g/mol. The fourth-order valence-electron chi connectivity index (χ4n) is 2.22. The summed E-state index contributed by atoms with van der Waals surface area (Å²) in [6, 6.07) is 12.2. The third-order valence-corrected chi connectivity index (χ3v) is 4.42. The van der Waals surface area contributed by atoms with E-state index in [9.17, 15) is 9.59 Å². The van der Waals surface area contributed by atoms with Gasteiger partial charge in [-0.1, -0.05) is 12.1 Å². The lowest BCUT2D eigenvalue weighted by Crippen LogP contribution is -2.17. The molecule has 0 aliphatic heterocycles. The van der Waals surface area contributed by atoms with Crippen molar-refractivity contribution >= 4 is 29.3 Å². The van der Waals surface area contributed by atoms with Gasteiger partial charge in [0, 0.05) is 4.90 Å². The van der Waals surface area contributed by atoms with E-state index in [-0.39, 0.29) is 18.3 Å². The van der Waals surface area contributed by atoms with Gasteiger partial charge in [0.05, 0.1) is 37.8 Å². The van der Waals surface area contributed by atoms with Crippen molar-refractivity contribution in [1.29, 1.82) is 0 Å². The van der Waals surface area contributed by atoms with Crippen molar-refractivity contribution in [3.05, 3.63) is 48.0 Å². The molecule has 0 spiro atoms. The molecule has 138 valence electrons. The molecule has 0 radical (unpaired) electrons. The maximum absolute atomic E-state index is 12.3. The van der Waals surface area contributed by atoms with Crippen LogP contribution in [0.2, 0.25) is 0 Å². The second kappa shape index (κ2) is 9.72. The number of ether oxygens (including phenoxy) is 3. The summed E-state index contributed by atoms with van der Waals surface area (Å²) in [5.41, 5.74) is 0.766. The van der Waals surface area contributed by atoms with Crippen LogP contribution in [0.5, 0.6) is 11.5 Å². The number of esters is 1. The first-order valence-electron chi connectivity index (χ1n) is 7.99. The maximum Gasteiger partial charge on any atom is 0.340 e. The Bertz CT molecular complexity index is 778. The van der Waals surface area contributed by atoms with E-state index in [4.69, 9.17) is 14.2 Å². The topological polar surface area (TPSA) is 73.9 Å². The smallest absolute Gasteiger partial charge is 0.340 e. The zero-order chi connectivity index (χ0) is 18.9. The predicted octanol–water partition coefficient (Wildman–Crippen LogP) is 3.61. The van der Waals surface area contributed by atoms with Crippen LogP contribution in [0.3, 0.4) is 0 Å². The number of methoxy groups -OCH3 is 2. The van der Waals surface area contributed by atoms with Crippen LogP contribution < -0.4 is 14.8 Å². The van der Waals surface area contributed by atoms with E-state index in [0.717, 1.165) is 4.90 Å². The maximum atomic E-state index is 12.3. The minimum atomic E-state index is -0.462. The van der Waals surface area contributed by atoms with Gasteiger partial charge in [-0.05, 0) is 37.3 Å². The van der Waals surface area contributed by atoms with E-state index >= 15 is 0 Å². The van der Waals surface area contributed by atoms with Crippen LogP contribution in [0.4, 0.5) is 5.69 Å². The number of anilines is 1. The Kier molecular flexibility index (Phi) is 7.35. The first-order valence-corrected chi connectivity index (χ1v) is 8.98. The first kappa shape index (κ1) is 19.7. The van der Waals surface area contributed by atoms with E-state index in [1.165, 1.54) is 11.8 Å². The highest BCUT2D eigenvalue weighted by Crippen LogP contribution is 2.31. The number of carbonyl (C=O) groups excluding carboxylic acids is 2. The molecule has 26 heavy (non-hydrogen) atoms. The summed E-state index contributed by atoms with van der Waals surface area (Å²) in [6.07, 6.45) is 0. The lowest BCUT2D eigenvalue weighted by Gasteiger charge is -2.11. The fourth-order valence-corrected chi connectivity index (χ4v) is 2.95. The van der Waals surface area contributed by atoms with Crippen LogP contribution in [0, 0.1) is 0 Å². The summed E-state index contributed by atoms with van der Waals surface area (Å²) >= 11 is 1.36. The number of para-hydroxylation sites is 1. The van der Waals surface area contributed by atoms with Crippen molar-refractivity contribution in [1.82, 2.24) is 0 Å². The molecule has 2 rings (SSSR count). The van der Waals surface area contributed by atoms with E-state index in [2.05, 4.69) is 5.32 Å². The van der Waals surface area contributed by atoms with Crippen molar-refractivity contribution in [2.45, 2.75) is 11.8 Å². The average Bonchev–Trinajstić information content (AvgIpc) is 2.66. The summed E-state index contributed by atoms with van der Waals surface area (Å²) in [6.45, 7) is 2.01. The fraction of sp³-hybridized carbons (Fsp3) is 0.263. The highest BCUT2D eigenvalue weighted by molar-refractivity contribution is 8.00. The molecule has 0 heterocycles. The minimum absolute atomic E-state index is 0.187. The van der Waals surface area contributed by atoms with Crippen LogP contribution in [0.25, 0.3) is 0 Å². The van der Waals surface area contributed by atoms with Crippen LogP contribution in [-0.4, -0.2) is 38.5 Å². The molecule has 0 unspecified atom stereocenters. The van der Waals surface area contributed by atoms with Gasteiger partial charge < -0.3 is 19.5 Å².